The smallest absolute Gasteiger partial charge is 0.451 e. The molecule has 9 nitrogen and oxygen atoms in total. The van der Waals surface area contributed by atoms with E-state index in [2.05, 4.69) is 10.2 Å². The number of rotatable bonds is 5. The van der Waals surface area contributed by atoms with E-state index in [4.69, 9.17) is 9.47 Å². The van der Waals surface area contributed by atoms with Crippen LogP contribution in [0.15, 0.2) is 17.1 Å². The fourth-order valence-corrected chi connectivity index (χ4v) is 2.20. The Morgan fingerprint density at radius 3 is 2.56 bits per heavy atom. The molecule has 1 atom stereocenters. The van der Waals surface area contributed by atoms with Crippen molar-refractivity contribution >= 4 is 12.1 Å². The minimum Gasteiger partial charge on any atom is -0.451 e. The Kier molecular flexibility index (Phi) is 5.86. The number of carbonyl (C=O) groups excluding carboxylic acids is 2. The van der Waals surface area contributed by atoms with E-state index in [1.54, 1.807) is 13.8 Å². The van der Waals surface area contributed by atoms with Crippen LogP contribution < -0.4 is 15.6 Å². The second-order valence-electron chi connectivity index (χ2n) is 5.86. The molecule has 0 saturated carbocycles. The van der Waals surface area contributed by atoms with E-state index < -0.39 is 60.7 Å². The number of fused-ring (bicyclic) bond motifs is 1. The largest absolute Gasteiger partial charge is 0.511 e. The van der Waals surface area contributed by atoms with E-state index in [-0.39, 0.29) is 0 Å². The van der Waals surface area contributed by atoms with Crippen molar-refractivity contribution in [2.45, 2.75) is 39.1 Å². The zero-order valence-corrected chi connectivity index (χ0v) is 14.7. The zero-order chi connectivity index (χ0) is 20.4. The zero-order valence-electron chi connectivity index (χ0n) is 14.7. The minimum atomic E-state index is -4.65. The summed E-state index contributed by atoms with van der Waals surface area (Å²) in [6.07, 6.45) is -4.98. The first kappa shape index (κ1) is 20.4. The van der Waals surface area contributed by atoms with Crippen molar-refractivity contribution in [2.24, 2.45) is 0 Å². The monoisotopic (exact) mass is 393 g/mol. The summed E-state index contributed by atoms with van der Waals surface area (Å²) in [7, 11) is 0. The van der Waals surface area contributed by atoms with E-state index in [1.807, 2.05) is 0 Å². The van der Waals surface area contributed by atoms with Crippen LogP contribution in [-0.2, 0) is 9.47 Å². The molecule has 0 fully saturated rings. The number of halogens is 3. The fraction of sp³-hybridized carbons (Fsp3) is 0.533. The summed E-state index contributed by atoms with van der Waals surface area (Å²) in [5.41, 5.74) is 1.36. The molecule has 1 N–H and O–H groups in total. The summed E-state index contributed by atoms with van der Waals surface area (Å²) >= 11 is 0. The number of carbonyl (C=O) groups is 2. The molecule has 0 unspecified atom stereocenters. The van der Waals surface area contributed by atoms with Gasteiger partial charge in [0.1, 0.15) is 12.7 Å². The normalized spacial score (nSPS) is 15.1. The molecule has 0 saturated heterocycles. The molecular weight excluding hydrogens is 375 g/mol. The van der Waals surface area contributed by atoms with Crippen LogP contribution in [0, 0.1) is 0 Å². The van der Waals surface area contributed by atoms with Crippen molar-refractivity contribution in [3.63, 3.8) is 0 Å². The van der Waals surface area contributed by atoms with Gasteiger partial charge in [-0.2, -0.15) is 13.2 Å². The standard InChI is InChI=1S/C15H18F3N3O6/c1-8(2)27-14(24)26-7-25-12-10(22)4-5-21-11(12)13(23)20(6-19-21)9(3)15(16,17)18/h4-5,8-9,19H,6-7H2,1-3H3/t9-/m1/s1. The second kappa shape index (κ2) is 7.76. The van der Waals surface area contributed by atoms with Gasteiger partial charge in [-0.1, -0.05) is 0 Å². The van der Waals surface area contributed by atoms with Crippen LogP contribution in [0.25, 0.3) is 0 Å². The van der Waals surface area contributed by atoms with E-state index in [9.17, 15) is 27.6 Å². The first-order chi connectivity index (χ1) is 12.5. The Hall–Kier alpha value is -2.92. The Morgan fingerprint density at radius 1 is 1.30 bits per heavy atom. The van der Waals surface area contributed by atoms with E-state index >= 15 is 0 Å². The van der Waals surface area contributed by atoms with Crippen LogP contribution in [-0.4, -0.2) is 53.4 Å². The SMILES string of the molecule is CC(C)OC(=O)OCOc1c2n(ccc1=O)NCN([C@H](C)C(F)(F)F)C2=O. The molecule has 0 radical (unpaired) electrons. The molecular formula is C15H18F3N3O6. The number of ether oxygens (including phenoxy) is 3. The average Bonchev–Trinajstić information content (AvgIpc) is 2.55. The molecule has 0 aromatic carbocycles. The van der Waals surface area contributed by atoms with Gasteiger partial charge in [0.15, 0.2) is 5.69 Å². The number of aromatic nitrogens is 1. The Bertz CT molecular complexity index is 777. The maximum absolute atomic E-state index is 13.0. The molecule has 1 aliphatic rings. The number of amides is 1. The van der Waals surface area contributed by atoms with Gasteiger partial charge in [0.2, 0.25) is 18.0 Å². The van der Waals surface area contributed by atoms with Crippen molar-refractivity contribution in [1.82, 2.24) is 9.58 Å². The van der Waals surface area contributed by atoms with Crippen molar-refractivity contribution in [3.8, 4) is 5.75 Å². The lowest BCUT2D eigenvalue weighted by atomic mass is 10.2. The average molecular weight is 393 g/mol. The van der Waals surface area contributed by atoms with E-state index in [0.717, 1.165) is 17.7 Å². The number of hydrogen-bond donors (Lipinski definition) is 1. The Morgan fingerprint density at radius 2 is 1.96 bits per heavy atom. The molecule has 150 valence electrons. The van der Waals surface area contributed by atoms with Gasteiger partial charge in [0.05, 0.1) is 6.10 Å². The highest BCUT2D eigenvalue weighted by Gasteiger charge is 2.44. The maximum atomic E-state index is 13.0. The summed E-state index contributed by atoms with van der Waals surface area (Å²) in [4.78, 5) is 36.4. The third-order valence-corrected chi connectivity index (χ3v) is 3.58. The highest BCUT2D eigenvalue weighted by Crippen LogP contribution is 2.28. The molecule has 1 aromatic rings. The van der Waals surface area contributed by atoms with Crippen LogP contribution in [0.5, 0.6) is 5.75 Å². The van der Waals surface area contributed by atoms with Crippen molar-refractivity contribution < 1.29 is 37.0 Å². The molecule has 1 aromatic heterocycles. The van der Waals surface area contributed by atoms with Gasteiger partial charge in [0, 0.05) is 12.3 Å². The first-order valence-corrected chi connectivity index (χ1v) is 7.85. The molecule has 2 rings (SSSR count). The summed E-state index contributed by atoms with van der Waals surface area (Å²) in [5.74, 6) is -1.61. The van der Waals surface area contributed by atoms with Crippen molar-refractivity contribution in [2.75, 3.05) is 18.9 Å². The molecule has 1 aliphatic heterocycles. The number of nitrogens with zero attached hydrogens (tertiary/aromatic N) is 2. The third kappa shape index (κ3) is 4.63. The highest BCUT2D eigenvalue weighted by molar-refractivity contribution is 5.96. The topological polar surface area (TPSA) is 99.1 Å². The molecule has 2 heterocycles. The second-order valence-corrected chi connectivity index (χ2v) is 5.86. The predicted molar refractivity (Wildman–Crippen MR) is 84.8 cm³/mol. The number of hydrogen-bond acceptors (Lipinski definition) is 7. The summed E-state index contributed by atoms with van der Waals surface area (Å²) in [6, 6.07) is -1.04. The summed E-state index contributed by atoms with van der Waals surface area (Å²) in [5, 5.41) is 0. The number of pyridine rings is 1. The molecule has 27 heavy (non-hydrogen) atoms. The number of alkyl halides is 3. The van der Waals surface area contributed by atoms with E-state index in [0.29, 0.717) is 4.90 Å². The van der Waals surface area contributed by atoms with Crippen molar-refractivity contribution in [3.05, 3.63) is 28.2 Å². The van der Waals surface area contributed by atoms with Gasteiger partial charge in [-0.15, -0.1) is 0 Å². The van der Waals surface area contributed by atoms with Crippen LogP contribution in [0.4, 0.5) is 18.0 Å². The lowest BCUT2D eigenvalue weighted by Gasteiger charge is -2.36. The molecule has 0 aliphatic carbocycles. The molecule has 12 heteroatoms. The summed E-state index contributed by atoms with van der Waals surface area (Å²) < 4.78 is 54.3. The molecule has 0 spiro atoms. The van der Waals surface area contributed by atoms with Crippen LogP contribution >= 0.6 is 0 Å². The summed E-state index contributed by atoms with van der Waals surface area (Å²) in [6.45, 7) is 2.80. The lowest BCUT2D eigenvalue weighted by molar-refractivity contribution is -0.172. The van der Waals surface area contributed by atoms with Gasteiger partial charge in [0.25, 0.3) is 5.91 Å². The van der Waals surface area contributed by atoms with Crippen molar-refractivity contribution in [1.29, 1.82) is 0 Å². The van der Waals surface area contributed by atoms with Gasteiger partial charge in [-0.3, -0.25) is 14.3 Å². The highest BCUT2D eigenvalue weighted by atomic mass is 19.4. The molecule has 1 amide bonds. The van der Waals surface area contributed by atoms with Gasteiger partial charge in [-0.05, 0) is 20.8 Å². The third-order valence-electron chi connectivity index (χ3n) is 3.58. The first-order valence-electron chi connectivity index (χ1n) is 7.85. The predicted octanol–water partition coefficient (Wildman–Crippen LogP) is 1.65. The van der Waals surface area contributed by atoms with Gasteiger partial charge in [-0.25, -0.2) is 4.79 Å². The minimum absolute atomic E-state index is 0.425. The quantitative estimate of drug-likeness (QED) is 0.600. The Labute approximate surface area is 151 Å². The van der Waals surface area contributed by atoms with Crippen LogP contribution in [0.2, 0.25) is 0 Å². The van der Waals surface area contributed by atoms with Gasteiger partial charge >= 0.3 is 12.3 Å². The van der Waals surface area contributed by atoms with Crippen LogP contribution in [0.1, 0.15) is 31.3 Å². The van der Waals surface area contributed by atoms with Gasteiger partial charge < -0.3 is 24.5 Å². The maximum Gasteiger partial charge on any atom is 0.511 e. The Balaban J connectivity index is 2.23. The van der Waals surface area contributed by atoms with E-state index in [1.165, 1.54) is 6.20 Å². The lowest BCUT2D eigenvalue weighted by Crippen LogP contribution is -2.54. The fourth-order valence-electron chi connectivity index (χ4n) is 2.20. The van der Waals surface area contributed by atoms with Crippen LogP contribution in [0.3, 0.4) is 0 Å². The molecule has 0 bridgehead atoms. The number of nitrogens with one attached hydrogen (secondary N) is 1.